The van der Waals surface area contributed by atoms with Gasteiger partial charge in [-0.2, -0.15) is 5.10 Å². The summed E-state index contributed by atoms with van der Waals surface area (Å²) in [5.41, 5.74) is 4.78. The van der Waals surface area contributed by atoms with Crippen molar-refractivity contribution in [2.24, 2.45) is 7.05 Å². The molecule has 2 heterocycles. The van der Waals surface area contributed by atoms with Crippen molar-refractivity contribution >= 4 is 0 Å². The Bertz CT molecular complexity index is 796. The molecule has 0 unspecified atom stereocenters. The summed E-state index contributed by atoms with van der Waals surface area (Å²) >= 11 is 0. The van der Waals surface area contributed by atoms with Crippen molar-refractivity contribution in [3.05, 3.63) is 71.4 Å². The van der Waals surface area contributed by atoms with Crippen molar-refractivity contribution in [1.29, 1.82) is 0 Å². The predicted octanol–water partition coefficient (Wildman–Crippen LogP) is 3.22. The van der Waals surface area contributed by atoms with Crippen LogP contribution in [0.25, 0.3) is 11.3 Å². The lowest BCUT2D eigenvalue weighted by atomic mass is 10.1. The summed E-state index contributed by atoms with van der Waals surface area (Å²) in [6.45, 7) is 3.15. The maximum absolute atomic E-state index is 13.3. The number of benzene rings is 1. The number of pyridine rings is 1. The first-order chi connectivity index (χ1) is 11.1. The van der Waals surface area contributed by atoms with Crippen LogP contribution in [0.1, 0.15) is 16.7 Å². The monoisotopic (exact) mass is 310 g/mol. The Kier molecular flexibility index (Phi) is 4.48. The Hall–Kier alpha value is -2.53. The van der Waals surface area contributed by atoms with Gasteiger partial charge in [0.25, 0.3) is 0 Å². The number of rotatable bonds is 5. The second-order valence-corrected chi connectivity index (χ2v) is 5.61. The molecule has 1 aromatic carbocycles. The molecule has 0 saturated carbocycles. The van der Waals surface area contributed by atoms with Crippen LogP contribution in [-0.2, 0) is 20.1 Å². The van der Waals surface area contributed by atoms with Gasteiger partial charge in [-0.05, 0) is 36.2 Å². The molecule has 0 spiro atoms. The average molecular weight is 310 g/mol. The number of hydrogen-bond acceptors (Lipinski definition) is 3. The zero-order chi connectivity index (χ0) is 16.2. The van der Waals surface area contributed by atoms with Gasteiger partial charge in [-0.1, -0.05) is 12.1 Å². The first-order valence-corrected chi connectivity index (χ1v) is 7.52. The first-order valence-electron chi connectivity index (χ1n) is 7.52. The Morgan fingerprint density at radius 3 is 2.83 bits per heavy atom. The Morgan fingerprint density at radius 1 is 1.22 bits per heavy atom. The summed E-state index contributed by atoms with van der Waals surface area (Å²) in [7, 11) is 1.91. The van der Waals surface area contributed by atoms with Crippen LogP contribution < -0.4 is 5.32 Å². The lowest BCUT2D eigenvalue weighted by Gasteiger charge is -2.07. The topological polar surface area (TPSA) is 42.7 Å². The number of aromatic nitrogens is 3. The molecule has 3 rings (SSSR count). The summed E-state index contributed by atoms with van der Waals surface area (Å²) in [4.78, 5) is 4.15. The fraction of sp³-hybridized carbons (Fsp3) is 0.222. The van der Waals surface area contributed by atoms with E-state index in [-0.39, 0.29) is 5.82 Å². The van der Waals surface area contributed by atoms with Crippen molar-refractivity contribution in [2.45, 2.75) is 20.0 Å². The standard InChI is InChI=1S/C18H19FN4/c1-13-8-14(5-6-17(13)19)9-21-11-16-12-23(2)22-18(16)15-4-3-7-20-10-15/h3-8,10,12,21H,9,11H2,1-2H3. The second-order valence-electron chi connectivity index (χ2n) is 5.61. The van der Waals surface area contributed by atoms with Crippen molar-refractivity contribution < 1.29 is 4.39 Å². The van der Waals surface area contributed by atoms with Crippen molar-refractivity contribution in [3.8, 4) is 11.3 Å². The molecule has 3 aromatic rings. The fourth-order valence-electron chi connectivity index (χ4n) is 2.57. The molecule has 0 radical (unpaired) electrons. The average Bonchev–Trinajstić information content (AvgIpc) is 2.92. The molecule has 0 atom stereocenters. The summed E-state index contributed by atoms with van der Waals surface area (Å²) in [6, 6.07) is 9.09. The van der Waals surface area contributed by atoms with Crippen LogP contribution in [0.4, 0.5) is 4.39 Å². The second kappa shape index (κ2) is 6.71. The summed E-state index contributed by atoms with van der Waals surface area (Å²) in [5, 5.41) is 7.91. The Morgan fingerprint density at radius 2 is 2.09 bits per heavy atom. The Balaban J connectivity index is 1.70. The first kappa shape index (κ1) is 15.4. The number of halogens is 1. The third-order valence-corrected chi connectivity index (χ3v) is 3.71. The van der Waals surface area contributed by atoms with Crippen LogP contribution in [0.5, 0.6) is 0 Å². The van der Waals surface area contributed by atoms with E-state index in [4.69, 9.17) is 0 Å². The van der Waals surface area contributed by atoms with Crippen LogP contribution in [-0.4, -0.2) is 14.8 Å². The Labute approximate surface area is 135 Å². The van der Waals surface area contributed by atoms with Gasteiger partial charge in [0.05, 0.1) is 5.69 Å². The van der Waals surface area contributed by atoms with Gasteiger partial charge < -0.3 is 5.32 Å². The van der Waals surface area contributed by atoms with Crippen LogP contribution in [0.2, 0.25) is 0 Å². The molecule has 1 N–H and O–H groups in total. The number of aryl methyl sites for hydroxylation is 2. The smallest absolute Gasteiger partial charge is 0.126 e. The van der Waals surface area contributed by atoms with E-state index in [9.17, 15) is 4.39 Å². The quantitative estimate of drug-likeness (QED) is 0.787. The van der Waals surface area contributed by atoms with Crippen LogP contribution in [0.15, 0.2) is 48.9 Å². The normalized spacial score (nSPS) is 10.9. The molecule has 4 nitrogen and oxygen atoms in total. The van der Waals surface area contributed by atoms with Gasteiger partial charge in [-0.3, -0.25) is 9.67 Å². The molecule has 0 bridgehead atoms. The molecule has 23 heavy (non-hydrogen) atoms. The van der Waals surface area contributed by atoms with E-state index in [1.807, 2.05) is 37.6 Å². The van der Waals surface area contributed by atoms with Gasteiger partial charge in [-0.25, -0.2) is 4.39 Å². The van der Waals surface area contributed by atoms with Gasteiger partial charge in [0.15, 0.2) is 0 Å². The van der Waals surface area contributed by atoms with E-state index in [0.29, 0.717) is 18.7 Å². The zero-order valence-corrected chi connectivity index (χ0v) is 13.3. The third kappa shape index (κ3) is 3.63. The molecule has 2 aromatic heterocycles. The summed E-state index contributed by atoms with van der Waals surface area (Å²) in [6.07, 6.45) is 5.57. The molecule has 118 valence electrons. The highest BCUT2D eigenvalue weighted by molar-refractivity contribution is 5.61. The van der Waals surface area contributed by atoms with E-state index < -0.39 is 0 Å². The lowest BCUT2D eigenvalue weighted by Crippen LogP contribution is -2.13. The molecule has 0 aliphatic rings. The maximum Gasteiger partial charge on any atom is 0.126 e. The molecule has 0 aliphatic carbocycles. The maximum atomic E-state index is 13.3. The van der Waals surface area contributed by atoms with Crippen molar-refractivity contribution in [3.63, 3.8) is 0 Å². The summed E-state index contributed by atoms with van der Waals surface area (Å²) in [5.74, 6) is -0.167. The van der Waals surface area contributed by atoms with Crippen LogP contribution >= 0.6 is 0 Å². The third-order valence-electron chi connectivity index (χ3n) is 3.71. The van der Waals surface area contributed by atoms with Crippen molar-refractivity contribution in [1.82, 2.24) is 20.1 Å². The van der Waals surface area contributed by atoms with E-state index in [2.05, 4.69) is 15.4 Å². The molecular formula is C18H19FN4. The molecule has 0 aliphatic heterocycles. The number of hydrogen-bond donors (Lipinski definition) is 1. The minimum Gasteiger partial charge on any atom is -0.308 e. The number of nitrogens with one attached hydrogen (secondary N) is 1. The molecular weight excluding hydrogens is 291 g/mol. The van der Waals surface area contributed by atoms with Gasteiger partial charge >= 0.3 is 0 Å². The molecule has 0 saturated heterocycles. The fourth-order valence-corrected chi connectivity index (χ4v) is 2.57. The van der Waals surface area contributed by atoms with E-state index in [1.165, 1.54) is 6.07 Å². The highest BCUT2D eigenvalue weighted by Gasteiger charge is 2.10. The molecule has 0 fully saturated rings. The molecule has 0 amide bonds. The minimum atomic E-state index is -0.167. The van der Waals surface area contributed by atoms with Gasteiger partial charge in [0.2, 0.25) is 0 Å². The van der Waals surface area contributed by atoms with Crippen LogP contribution in [0, 0.1) is 12.7 Å². The highest BCUT2D eigenvalue weighted by Crippen LogP contribution is 2.20. The van der Waals surface area contributed by atoms with Gasteiger partial charge in [-0.15, -0.1) is 0 Å². The van der Waals surface area contributed by atoms with Gasteiger partial charge in [0, 0.05) is 49.9 Å². The van der Waals surface area contributed by atoms with E-state index in [0.717, 1.165) is 22.4 Å². The predicted molar refractivity (Wildman–Crippen MR) is 88.1 cm³/mol. The van der Waals surface area contributed by atoms with Crippen LogP contribution in [0.3, 0.4) is 0 Å². The summed E-state index contributed by atoms with van der Waals surface area (Å²) < 4.78 is 15.1. The number of nitrogens with zero attached hydrogens (tertiary/aromatic N) is 3. The highest BCUT2D eigenvalue weighted by atomic mass is 19.1. The largest absolute Gasteiger partial charge is 0.308 e. The SMILES string of the molecule is Cc1cc(CNCc2cn(C)nc2-c2cccnc2)ccc1F. The van der Waals surface area contributed by atoms with E-state index >= 15 is 0 Å². The lowest BCUT2D eigenvalue weighted by molar-refractivity contribution is 0.615. The van der Waals surface area contributed by atoms with E-state index in [1.54, 1.807) is 23.9 Å². The zero-order valence-electron chi connectivity index (χ0n) is 13.3. The van der Waals surface area contributed by atoms with Gasteiger partial charge in [0.1, 0.15) is 5.82 Å². The minimum absolute atomic E-state index is 0.167. The van der Waals surface area contributed by atoms with Crippen molar-refractivity contribution in [2.75, 3.05) is 0 Å². The molecule has 5 heteroatoms.